The molecule has 3 N–H and O–H groups in total. The van der Waals surface area contributed by atoms with Crippen LogP contribution in [0.1, 0.15) is 19.8 Å². The summed E-state index contributed by atoms with van der Waals surface area (Å²) in [6.07, 6.45) is 0.687. The van der Waals surface area contributed by atoms with Crippen molar-refractivity contribution in [2.75, 3.05) is 26.2 Å². The standard InChI is InChI=1S/C12H21F3N4O2S.HI/c1-9(2)7-17-11(16)18-8-10-3-5-19(6-4-10)22(20,21)12(13,14)15;/h10H,1,3-8H2,2H3,(H3,16,17,18);1H. The summed E-state index contributed by atoms with van der Waals surface area (Å²) in [6, 6.07) is 0. The zero-order valence-corrected chi connectivity index (χ0v) is 15.9. The number of hydrogen-bond acceptors (Lipinski definition) is 3. The molecule has 1 aliphatic heterocycles. The van der Waals surface area contributed by atoms with E-state index in [9.17, 15) is 21.6 Å². The average Bonchev–Trinajstić information content (AvgIpc) is 2.42. The molecule has 0 spiro atoms. The first kappa shape index (κ1) is 22.4. The van der Waals surface area contributed by atoms with Crippen molar-refractivity contribution in [1.29, 1.82) is 0 Å². The molecule has 0 amide bonds. The molecule has 1 rings (SSSR count). The lowest BCUT2D eigenvalue weighted by Crippen LogP contribution is -2.46. The third-order valence-electron chi connectivity index (χ3n) is 3.30. The van der Waals surface area contributed by atoms with E-state index in [1.807, 2.05) is 6.92 Å². The lowest BCUT2D eigenvalue weighted by atomic mass is 9.98. The minimum atomic E-state index is -5.24. The van der Waals surface area contributed by atoms with Gasteiger partial charge in [-0.05, 0) is 25.7 Å². The van der Waals surface area contributed by atoms with Crippen LogP contribution >= 0.6 is 24.0 Å². The number of rotatable bonds is 5. The monoisotopic (exact) mass is 470 g/mol. The van der Waals surface area contributed by atoms with Gasteiger partial charge >= 0.3 is 15.5 Å². The Balaban J connectivity index is 0.00000484. The molecular formula is C12H22F3IN4O2S. The van der Waals surface area contributed by atoms with Crippen LogP contribution in [-0.2, 0) is 10.0 Å². The molecule has 23 heavy (non-hydrogen) atoms. The van der Waals surface area contributed by atoms with Crippen molar-refractivity contribution in [3.8, 4) is 0 Å². The van der Waals surface area contributed by atoms with E-state index in [0.29, 0.717) is 30.2 Å². The third kappa shape index (κ3) is 6.83. The number of aliphatic imine (C=N–C) groups is 1. The van der Waals surface area contributed by atoms with Crippen LogP contribution in [0, 0.1) is 5.92 Å². The Hall–Kier alpha value is -0.560. The number of piperidine rings is 1. The van der Waals surface area contributed by atoms with Crippen molar-refractivity contribution in [1.82, 2.24) is 9.62 Å². The maximum absolute atomic E-state index is 12.4. The van der Waals surface area contributed by atoms with E-state index in [1.54, 1.807) is 0 Å². The number of halogens is 4. The Morgan fingerprint density at radius 1 is 1.39 bits per heavy atom. The number of sulfonamides is 1. The highest BCUT2D eigenvalue weighted by Gasteiger charge is 2.50. The molecule has 0 saturated carbocycles. The number of nitrogens with one attached hydrogen (secondary N) is 1. The van der Waals surface area contributed by atoms with Gasteiger partial charge in [0.15, 0.2) is 5.96 Å². The lowest BCUT2D eigenvalue weighted by Gasteiger charge is -2.31. The zero-order chi connectivity index (χ0) is 17.0. The van der Waals surface area contributed by atoms with Crippen LogP contribution in [-0.4, -0.2) is 50.4 Å². The van der Waals surface area contributed by atoms with E-state index < -0.39 is 15.5 Å². The molecule has 0 aromatic heterocycles. The van der Waals surface area contributed by atoms with Gasteiger partial charge in [-0.15, -0.1) is 24.0 Å². The molecule has 1 fully saturated rings. The van der Waals surface area contributed by atoms with Gasteiger partial charge in [-0.25, -0.2) is 13.4 Å². The summed E-state index contributed by atoms with van der Waals surface area (Å²) in [5.74, 6) is 0.298. The molecular weight excluding hydrogens is 448 g/mol. The summed E-state index contributed by atoms with van der Waals surface area (Å²) in [7, 11) is -5.22. The van der Waals surface area contributed by atoms with Crippen molar-refractivity contribution < 1.29 is 21.6 Å². The SMILES string of the molecule is C=C(C)CN=C(N)NCC1CCN(S(=O)(=O)C(F)(F)F)CC1.I. The third-order valence-corrected chi connectivity index (χ3v) is 4.93. The Bertz CT molecular complexity index is 529. The van der Waals surface area contributed by atoms with Gasteiger partial charge in [0.25, 0.3) is 0 Å². The van der Waals surface area contributed by atoms with Gasteiger partial charge in [-0.3, -0.25) is 0 Å². The van der Waals surface area contributed by atoms with E-state index in [4.69, 9.17) is 5.73 Å². The van der Waals surface area contributed by atoms with Gasteiger partial charge in [-0.1, -0.05) is 12.2 Å². The summed E-state index contributed by atoms with van der Waals surface area (Å²) in [5.41, 5.74) is 1.25. The maximum Gasteiger partial charge on any atom is 0.511 e. The second-order valence-electron chi connectivity index (χ2n) is 5.33. The summed E-state index contributed by atoms with van der Waals surface area (Å²) in [4.78, 5) is 4.02. The molecule has 1 saturated heterocycles. The minimum absolute atomic E-state index is 0. The van der Waals surface area contributed by atoms with Gasteiger partial charge in [0.05, 0.1) is 6.54 Å². The second kappa shape index (κ2) is 9.06. The van der Waals surface area contributed by atoms with Crippen molar-refractivity contribution in [3.05, 3.63) is 12.2 Å². The highest BCUT2D eigenvalue weighted by Crippen LogP contribution is 2.30. The molecule has 136 valence electrons. The molecule has 1 aliphatic rings. The molecule has 0 aromatic rings. The second-order valence-corrected chi connectivity index (χ2v) is 7.26. The summed E-state index contributed by atoms with van der Waals surface area (Å²) < 4.78 is 60.3. The number of guanidine groups is 1. The molecule has 11 heteroatoms. The smallest absolute Gasteiger partial charge is 0.370 e. The molecule has 6 nitrogen and oxygen atoms in total. The fraction of sp³-hybridized carbons (Fsp3) is 0.750. The largest absolute Gasteiger partial charge is 0.511 e. The number of alkyl halides is 3. The van der Waals surface area contributed by atoms with Crippen molar-refractivity contribution in [3.63, 3.8) is 0 Å². The Morgan fingerprint density at radius 2 is 1.91 bits per heavy atom. The van der Waals surface area contributed by atoms with E-state index >= 15 is 0 Å². The molecule has 0 atom stereocenters. The van der Waals surface area contributed by atoms with Gasteiger partial charge < -0.3 is 11.1 Å². The fourth-order valence-electron chi connectivity index (χ4n) is 2.03. The molecule has 0 aliphatic carbocycles. The van der Waals surface area contributed by atoms with E-state index in [0.717, 1.165) is 5.57 Å². The summed E-state index contributed by atoms with van der Waals surface area (Å²) in [5, 5.41) is 2.89. The highest BCUT2D eigenvalue weighted by molar-refractivity contribution is 14.0. The number of nitrogens with zero attached hydrogens (tertiary/aromatic N) is 2. The normalized spacial score (nSPS) is 18.3. The molecule has 0 radical (unpaired) electrons. The summed E-state index contributed by atoms with van der Waals surface area (Å²) in [6.45, 7) is 6.07. The Morgan fingerprint density at radius 3 is 2.35 bits per heavy atom. The predicted molar refractivity (Wildman–Crippen MR) is 94.0 cm³/mol. The van der Waals surface area contributed by atoms with Crippen LogP contribution in [0.15, 0.2) is 17.1 Å². The van der Waals surface area contributed by atoms with Crippen LogP contribution in [0.3, 0.4) is 0 Å². The maximum atomic E-state index is 12.4. The van der Waals surface area contributed by atoms with E-state index in [-0.39, 0.29) is 48.9 Å². The summed E-state index contributed by atoms with van der Waals surface area (Å²) >= 11 is 0. The number of hydrogen-bond donors (Lipinski definition) is 2. The van der Waals surface area contributed by atoms with Gasteiger partial charge in [0, 0.05) is 19.6 Å². The first-order valence-electron chi connectivity index (χ1n) is 6.78. The van der Waals surface area contributed by atoms with Crippen LogP contribution in [0.2, 0.25) is 0 Å². The fourth-order valence-corrected chi connectivity index (χ4v) is 3.01. The van der Waals surface area contributed by atoms with Crippen molar-refractivity contribution in [2.24, 2.45) is 16.6 Å². The van der Waals surface area contributed by atoms with Crippen LogP contribution in [0.4, 0.5) is 13.2 Å². The highest BCUT2D eigenvalue weighted by atomic mass is 127. The zero-order valence-electron chi connectivity index (χ0n) is 12.8. The minimum Gasteiger partial charge on any atom is -0.370 e. The van der Waals surface area contributed by atoms with Gasteiger partial charge in [-0.2, -0.15) is 17.5 Å². The lowest BCUT2D eigenvalue weighted by molar-refractivity contribution is -0.0496. The van der Waals surface area contributed by atoms with Gasteiger partial charge in [0.1, 0.15) is 0 Å². The van der Waals surface area contributed by atoms with E-state index in [2.05, 4.69) is 16.9 Å². The van der Waals surface area contributed by atoms with Gasteiger partial charge in [0.2, 0.25) is 0 Å². The van der Waals surface area contributed by atoms with Crippen molar-refractivity contribution in [2.45, 2.75) is 25.3 Å². The first-order valence-corrected chi connectivity index (χ1v) is 8.22. The van der Waals surface area contributed by atoms with Crippen molar-refractivity contribution >= 4 is 40.0 Å². The predicted octanol–water partition coefficient (Wildman–Crippen LogP) is 1.65. The molecule has 0 bridgehead atoms. The molecule has 0 aromatic carbocycles. The number of nitrogens with two attached hydrogens (primary N) is 1. The molecule has 0 unspecified atom stereocenters. The van der Waals surface area contributed by atoms with E-state index in [1.165, 1.54) is 0 Å². The Kier molecular flexibility index (Phi) is 8.84. The Labute approximate surface area is 151 Å². The topological polar surface area (TPSA) is 87.8 Å². The van der Waals surface area contributed by atoms with Crippen LogP contribution in [0.5, 0.6) is 0 Å². The van der Waals surface area contributed by atoms with Crippen LogP contribution < -0.4 is 11.1 Å². The average molecular weight is 470 g/mol. The molecule has 1 heterocycles. The quantitative estimate of drug-likeness (QED) is 0.277. The first-order chi connectivity index (χ1) is 10.0. The van der Waals surface area contributed by atoms with Crippen LogP contribution in [0.25, 0.3) is 0 Å².